The van der Waals surface area contributed by atoms with Crippen LogP contribution in [-0.2, 0) is 11.2 Å². The summed E-state index contributed by atoms with van der Waals surface area (Å²) in [6.07, 6.45) is 1.47. The number of hydrogen-bond donors (Lipinski definition) is 0. The quantitative estimate of drug-likeness (QED) is 0.854. The van der Waals surface area contributed by atoms with Crippen LogP contribution in [0.4, 0.5) is 4.79 Å². The standard InChI is InChI=1S/C15H25N3O3/c1-6-10(2)13-16-12(21-17-13)7-11-8-18(9-11)14(19)20-15(3,4)5/h10-11H,6-9H2,1-5H3. The Balaban J connectivity index is 1.78. The SMILES string of the molecule is CCC(C)c1noc(CC2CN(C(=O)OC(C)(C)C)C2)n1. The smallest absolute Gasteiger partial charge is 0.410 e. The van der Waals surface area contributed by atoms with Crippen LogP contribution < -0.4 is 0 Å². The number of ether oxygens (including phenoxy) is 1. The Morgan fingerprint density at radius 2 is 2.14 bits per heavy atom. The Morgan fingerprint density at radius 1 is 1.48 bits per heavy atom. The molecular formula is C15H25N3O3. The van der Waals surface area contributed by atoms with Gasteiger partial charge in [-0.3, -0.25) is 0 Å². The third-order valence-electron chi connectivity index (χ3n) is 3.61. The van der Waals surface area contributed by atoms with E-state index in [1.165, 1.54) is 0 Å². The van der Waals surface area contributed by atoms with Crippen molar-refractivity contribution in [2.45, 2.75) is 59.0 Å². The molecule has 1 unspecified atom stereocenters. The minimum absolute atomic E-state index is 0.246. The second-order valence-corrected chi connectivity index (χ2v) is 6.81. The number of aromatic nitrogens is 2. The van der Waals surface area contributed by atoms with Crippen LogP contribution in [-0.4, -0.2) is 39.8 Å². The number of likely N-dealkylation sites (tertiary alicyclic amines) is 1. The molecular weight excluding hydrogens is 270 g/mol. The molecule has 21 heavy (non-hydrogen) atoms. The minimum Gasteiger partial charge on any atom is -0.444 e. The van der Waals surface area contributed by atoms with Gasteiger partial charge in [0.1, 0.15) is 5.60 Å². The van der Waals surface area contributed by atoms with Gasteiger partial charge in [-0.15, -0.1) is 0 Å². The molecule has 0 N–H and O–H groups in total. The Labute approximate surface area is 125 Å². The molecule has 1 fully saturated rings. The highest BCUT2D eigenvalue weighted by Crippen LogP contribution is 2.23. The first-order valence-electron chi connectivity index (χ1n) is 7.59. The van der Waals surface area contributed by atoms with E-state index >= 15 is 0 Å². The molecule has 0 spiro atoms. The second kappa shape index (κ2) is 6.03. The second-order valence-electron chi connectivity index (χ2n) is 6.81. The lowest BCUT2D eigenvalue weighted by Gasteiger charge is -2.39. The maximum atomic E-state index is 11.8. The third-order valence-corrected chi connectivity index (χ3v) is 3.61. The Morgan fingerprint density at radius 3 is 2.71 bits per heavy atom. The lowest BCUT2D eigenvalue weighted by molar-refractivity contribution is -0.00186. The summed E-state index contributed by atoms with van der Waals surface area (Å²) < 4.78 is 10.6. The molecule has 1 atom stereocenters. The maximum absolute atomic E-state index is 11.8. The van der Waals surface area contributed by atoms with Crippen molar-refractivity contribution in [3.8, 4) is 0 Å². The van der Waals surface area contributed by atoms with Crippen LogP contribution in [0.3, 0.4) is 0 Å². The molecule has 0 radical (unpaired) electrons. The average molecular weight is 295 g/mol. The lowest BCUT2D eigenvalue weighted by atomic mass is 9.97. The largest absolute Gasteiger partial charge is 0.444 e. The van der Waals surface area contributed by atoms with Crippen molar-refractivity contribution in [2.24, 2.45) is 5.92 Å². The van der Waals surface area contributed by atoms with Gasteiger partial charge in [-0.2, -0.15) is 4.98 Å². The Bertz CT molecular complexity index is 487. The highest BCUT2D eigenvalue weighted by atomic mass is 16.6. The maximum Gasteiger partial charge on any atom is 0.410 e. The monoisotopic (exact) mass is 295 g/mol. The Kier molecular flexibility index (Phi) is 4.54. The molecule has 2 heterocycles. The van der Waals surface area contributed by atoms with Crippen LogP contribution in [0.25, 0.3) is 0 Å². The van der Waals surface area contributed by atoms with Crippen molar-refractivity contribution in [3.05, 3.63) is 11.7 Å². The van der Waals surface area contributed by atoms with Crippen molar-refractivity contribution < 1.29 is 14.1 Å². The van der Waals surface area contributed by atoms with Crippen LogP contribution in [0.5, 0.6) is 0 Å². The highest BCUT2D eigenvalue weighted by molar-refractivity contribution is 5.69. The summed E-state index contributed by atoms with van der Waals surface area (Å²) in [4.78, 5) is 18.0. The fourth-order valence-corrected chi connectivity index (χ4v) is 2.16. The number of amides is 1. The number of nitrogens with zero attached hydrogens (tertiary/aromatic N) is 3. The molecule has 118 valence electrons. The topological polar surface area (TPSA) is 68.5 Å². The molecule has 0 bridgehead atoms. The zero-order valence-corrected chi connectivity index (χ0v) is 13.5. The first-order valence-corrected chi connectivity index (χ1v) is 7.59. The van der Waals surface area contributed by atoms with Gasteiger partial charge < -0.3 is 14.2 Å². The summed E-state index contributed by atoms with van der Waals surface area (Å²) in [5.41, 5.74) is -0.445. The van der Waals surface area contributed by atoms with E-state index in [0.717, 1.165) is 18.7 Å². The summed E-state index contributed by atoms with van der Waals surface area (Å²) in [6, 6.07) is 0. The molecule has 1 aromatic heterocycles. The van der Waals surface area contributed by atoms with Crippen LogP contribution in [0.2, 0.25) is 0 Å². The Hall–Kier alpha value is -1.59. The summed E-state index contributed by atoms with van der Waals surface area (Å²) in [5, 5.41) is 4.01. The van der Waals surface area contributed by atoms with Crippen molar-refractivity contribution >= 4 is 6.09 Å². The lowest BCUT2D eigenvalue weighted by Crippen LogP contribution is -2.52. The minimum atomic E-state index is -0.445. The molecule has 1 saturated heterocycles. The fourth-order valence-electron chi connectivity index (χ4n) is 2.16. The van der Waals surface area contributed by atoms with E-state index in [1.54, 1.807) is 4.90 Å². The number of carbonyl (C=O) groups excluding carboxylic acids is 1. The third kappa shape index (κ3) is 4.19. The van der Waals surface area contributed by atoms with Crippen molar-refractivity contribution in [1.29, 1.82) is 0 Å². The van der Waals surface area contributed by atoms with Gasteiger partial charge in [0.05, 0.1) is 0 Å². The van der Waals surface area contributed by atoms with Gasteiger partial charge in [-0.05, 0) is 27.2 Å². The molecule has 0 aliphatic carbocycles. The van der Waals surface area contributed by atoms with Crippen molar-refractivity contribution in [1.82, 2.24) is 15.0 Å². The van der Waals surface area contributed by atoms with E-state index in [0.29, 0.717) is 30.8 Å². The first kappa shape index (κ1) is 15.8. The van der Waals surface area contributed by atoms with E-state index in [2.05, 4.69) is 24.0 Å². The van der Waals surface area contributed by atoms with Gasteiger partial charge >= 0.3 is 6.09 Å². The fraction of sp³-hybridized carbons (Fsp3) is 0.800. The van der Waals surface area contributed by atoms with E-state index < -0.39 is 5.60 Å². The van der Waals surface area contributed by atoms with Crippen LogP contribution >= 0.6 is 0 Å². The van der Waals surface area contributed by atoms with E-state index in [9.17, 15) is 4.79 Å². The predicted octanol–water partition coefficient (Wildman–Crippen LogP) is 2.99. The summed E-state index contributed by atoms with van der Waals surface area (Å²) in [7, 11) is 0. The molecule has 1 aliphatic heterocycles. The van der Waals surface area contributed by atoms with E-state index in [1.807, 2.05) is 20.8 Å². The van der Waals surface area contributed by atoms with Crippen LogP contribution in [0.1, 0.15) is 58.7 Å². The molecule has 1 amide bonds. The number of hydrogen-bond acceptors (Lipinski definition) is 5. The zero-order chi connectivity index (χ0) is 15.6. The van der Waals surface area contributed by atoms with E-state index in [4.69, 9.17) is 9.26 Å². The normalized spacial score (nSPS) is 17.5. The van der Waals surface area contributed by atoms with Gasteiger partial charge in [0.15, 0.2) is 5.82 Å². The molecule has 1 aliphatic rings. The zero-order valence-electron chi connectivity index (χ0n) is 13.5. The van der Waals surface area contributed by atoms with Gasteiger partial charge in [0.25, 0.3) is 0 Å². The first-order chi connectivity index (χ1) is 9.78. The molecule has 6 nitrogen and oxygen atoms in total. The number of carbonyl (C=O) groups is 1. The summed E-state index contributed by atoms with van der Waals surface area (Å²) >= 11 is 0. The molecule has 6 heteroatoms. The van der Waals surface area contributed by atoms with Gasteiger partial charge in [0, 0.05) is 31.3 Å². The van der Waals surface area contributed by atoms with Gasteiger partial charge in [-0.1, -0.05) is 19.0 Å². The van der Waals surface area contributed by atoms with E-state index in [-0.39, 0.29) is 6.09 Å². The van der Waals surface area contributed by atoms with Gasteiger partial charge in [-0.25, -0.2) is 4.79 Å². The van der Waals surface area contributed by atoms with Gasteiger partial charge in [0.2, 0.25) is 5.89 Å². The molecule has 2 rings (SSSR count). The average Bonchev–Trinajstić information content (AvgIpc) is 2.78. The summed E-state index contributed by atoms with van der Waals surface area (Å²) in [5.74, 6) is 2.14. The highest BCUT2D eigenvalue weighted by Gasteiger charge is 2.34. The predicted molar refractivity (Wildman–Crippen MR) is 78.0 cm³/mol. The molecule has 1 aromatic rings. The number of rotatable bonds is 4. The summed E-state index contributed by atoms with van der Waals surface area (Å²) in [6.45, 7) is 11.2. The van der Waals surface area contributed by atoms with Crippen molar-refractivity contribution in [3.63, 3.8) is 0 Å². The molecule has 0 aromatic carbocycles. The molecule has 0 saturated carbocycles. The van der Waals surface area contributed by atoms with Crippen LogP contribution in [0, 0.1) is 5.92 Å². The van der Waals surface area contributed by atoms with Crippen LogP contribution in [0.15, 0.2) is 4.52 Å². The van der Waals surface area contributed by atoms with Crippen molar-refractivity contribution in [2.75, 3.05) is 13.1 Å².